The molecule has 17 heavy (non-hydrogen) atoms. The van der Waals surface area contributed by atoms with Crippen LogP contribution in [0.3, 0.4) is 0 Å². The number of ether oxygens (including phenoxy) is 1. The second-order valence-electron chi connectivity index (χ2n) is 5.37. The van der Waals surface area contributed by atoms with E-state index in [-0.39, 0.29) is 18.9 Å². The molecule has 0 amide bonds. The van der Waals surface area contributed by atoms with Crippen molar-refractivity contribution in [2.45, 2.75) is 31.7 Å². The molecule has 5 nitrogen and oxygen atoms in total. The Balaban J connectivity index is 1.82. The average molecular weight is 241 g/mol. The van der Waals surface area contributed by atoms with Crippen molar-refractivity contribution in [3.8, 4) is 0 Å². The molecule has 2 saturated heterocycles. The molecular formula is C12H23N3O2. The SMILES string of the molecule is C=C(C)N1CCN(C2OC2C(C)(N)CO)CC1. The molecule has 5 heteroatoms. The number of allylic oxidation sites excluding steroid dienone is 1. The van der Waals surface area contributed by atoms with Gasteiger partial charge in [0.25, 0.3) is 0 Å². The third-order valence-corrected chi connectivity index (χ3v) is 3.67. The molecule has 3 atom stereocenters. The Morgan fingerprint density at radius 2 is 2.06 bits per heavy atom. The average Bonchev–Trinajstić information content (AvgIpc) is 3.10. The second-order valence-corrected chi connectivity index (χ2v) is 5.37. The van der Waals surface area contributed by atoms with E-state index in [1.807, 2.05) is 13.8 Å². The predicted molar refractivity (Wildman–Crippen MR) is 66.3 cm³/mol. The molecular weight excluding hydrogens is 218 g/mol. The quantitative estimate of drug-likeness (QED) is 0.654. The predicted octanol–water partition coefficient (Wildman–Crippen LogP) is -0.428. The topological polar surface area (TPSA) is 65.3 Å². The standard InChI is InChI=1S/C12H23N3O2/c1-9(2)14-4-6-15(7-5-14)11-10(17-11)12(3,13)8-16/h10-11,16H,1,4-8,13H2,2-3H3. The molecule has 2 fully saturated rings. The molecule has 2 rings (SSSR count). The minimum atomic E-state index is -0.629. The van der Waals surface area contributed by atoms with E-state index in [1.54, 1.807) is 0 Å². The molecule has 3 unspecified atom stereocenters. The van der Waals surface area contributed by atoms with Gasteiger partial charge in [-0.1, -0.05) is 6.58 Å². The number of nitrogens with two attached hydrogens (primary N) is 1. The molecule has 98 valence electrons. The molecule has 2 aliphatic rings. The first-order valence-corrected chi connectivity index (χ1v) is 6.15. The second kappa shape index (κ2) is 4.57. The molecule has 0 radical (unpaired) electrons. The summed E-state index contributed by atoms with van der Waals surface area (Å²) >= 11 is 0. The highest BCUT2D eigenvalue weighted by atomic mass is 16.6. The maximum absolute atomic E-state index is 9.19. The summed E-state index contributed by atoms with van der Waals surface area (Å²) in [6, 6.07) is 0. The third kappa shape index (κ3) is 2.63. The molecule has 0 saturated carbocycles. The van der Waals surface area contributed by atoms with Gasteiger partial charge >= 0.3 is 0 Å². The smallest absolute Gasteiger partial charge is 0.139 e. The first kappa shape index (κ1) is 12.8. The number of nitrogens with zero attached hydrogens (tertiary/aromatic N) is 2. The molecule has 3 N–H and O–H groups in total. The van der Waals surface area contributed by atoms with Crippen LogP contribution in [0.15, 0.2) is 12.3 Å². The van der Waals surface area contributed by atoms with Crippen molar-refractivity contribution in [2.75, 3.05) is 32.8 Å². The molecule has 2 heterocycles. The lowest BCUT2D eigenvalue weighted by Gasteiger charge is -2.35. The fourth-order valence-electron chi connectivity index (χ4n) is 2.31. The van der Waals surface area contributed by atoms with E-state index < -0.39 is 5.54 Å². The summed E-state index contributed by atoms with van der Waals surface area (Å²) in [4.78, 5) is 4.58. The van der Waals surface area contributed by atoms with Gasteiger partial charge in [-0.15, -0.1) is 0 Å². The molecule has 0 aromatic rings. The summed E-state index contributed by atoms with van der Waals surface area (Å²) in [5, 5.41) is 9.19. The van der Waals surface area contributed by atoms with Gasteiger partial charge in [0, 0.05) is 31.9 Å². The van der Waals surface area contributed by atoms with Crippen LogP contribution in [0, 0.1) is 0 Å². The van der Waals surface area contributed by atoms with E-state index in [0.29, 0.717) is 0 Å². The van der Waals surface area contributed by atoms with Crippen LogP contribution in [-0.4, -0.2) is 65.6 Å². The molecule has 2 aliphatic heterocycles. The Morgan fingerprint density at radius 1 is 1.47 bits per heavy atom. The van der Waals surface area contributed by atoms with Crippen LogP contribution in [0.25, 0.3) is 0 Å². The number of piperazine rings is 1. The van der Waals surface area contributed by atoms with Crippen molar-refractivity contribution in [1.82, 2.24) is 9.80 Å². The summed E-state index contributed by atoms with van der Waals surface area (Å²) in [7, 11) is 0. The molecule has 0 aliphatic carbocycles. The van der Waals surface area contributed by atoms with Gasteiger partial charge in [0.15, 0.2) is 0 Å². The Morgan fingerprint density at radius 3 is 2.53 bits per heavy atom. The van der Waals surface area contributed by atoms with Gasteiger partial charge in [-0.25, -0.2) is 0 Å². The van der Waals surface area contributed by atoms with Crippen molar-refractivity contribution >= 4 is 0 Å². The monoisotopic (exact) mass is 241 g/mol. The Hall–Kier alpha value is -0.620. The number of epoxide rings is 1. The lowest BCUT2D eigenvalue weighted by atomic mass is 10.00. The first-order valence-electron chi connectivity index (χ1n) is 6.15. The van der Waals surface area contributed by atoms with Crippen molar-refractivity contribution in [1.29, 1.82) is 0 Å². The molecule has 0 spiro atoms. The van der Waals surface area contributed by atoms with Crippen molar-refractivity contribution in [3.63, 3.8) is 0 Å². The van der Waals surface area contributed by atoms with Crippen molar-refractivity contribution in [2.24, 2.45) is 5.73 Å². The van der Waals surface area contributed by atoms with Crippen LogP contribution in [-0.2, 0) is 4.74 Å². The van der Waals surface area contributed by atoms with Crippen molar-refractivity contribution in [3.05, 3.63) is 12.3 Å². The Labute approximate surface area is 103 Å². The van der Waals surface area contributed by atoms with Crippen LogP contribution in [0.5, 0.6) is 0 Å². The van der Waals surface area contributed by atoms with Crippen LogP contribution in [0.1, 0.15) is 13.8 Å². The zero-order valence-corrected chi connectivity index (χ0v) is 10.7. The molecule has 0 aromatic heterocycles. The lowest BCUT2D eigenvalue weighted by Crippen LogP contribution is -2.51. The fourth-order valence-corrected chi connectivity index (χ4v) is 2.31. The van der Waals surface area contributed by atoms with E-state index in [0.717, 1.165) is 31.9 Å². The summed E-state index contributed by atoms with van der Waals surface area (Å²) in [5.74, 6) is 0. The molecule has 0 bridgehead atoms. The summed E-state index contributed by atoms with van der Waals surface area (Å²) < 4.78 is 5.61. The van der Waals surface area contributed by atoms with Crippen molar-refractivity contribution < 1.29 is 9.84 Å². The lowest BCUT2D eigenvalue weighted by molar-refractivity contribution is 0.109. The normalized spacial score (nSPS) is 33.3. The van der Waals surface area contributed by atoms with Gasteiger partial charge in [0.2, 0.25) is 0 Å². The van der Waals surface area contributed by atoms with E-state index in [2.05, 4.69) is 16.4 Å². The minimum Gasteiger partial charge on any atom is -0.394 e. The van der Waals surface area contributed by atoms with Gasteiger partial charge in [-0.3, -0.25) is 4.90 Å². The summed E-state index contributed by atoms with van der Waals surface area (Å²) in [6.45, 7) is 11.7. The van der Waals surface area contributed by atoms with Gasteiger partial charge in [0.05, 0.1) is 12.1 Å². The van der Waals surface area contributed by atoms with E-state index in [9.17, 15) is 5.11 Å². The minimum absolute atomic E-state index is 0.0381. The first-order chi connectivity index (χ1) is 7.95. The van der Waals surface area contributed by atoms with Gasteiger partial charge in [0.1, 0.15) is 12.3 Å². The number of aliphatic hydroxyl groups excluding tert-OH is 1. The van der Waals surface area contributed by atoms with Crippen LogP contribution >= 0.6 is 0 Å². The largest absolute Gasteiger partial charge is 0.394 e. The fraction of sp³-hybridized carbons (Fsp3) is 0.833. The Bertz CT molecular complexity index is 298. The summed E-state index contributed by atoms with van der Waals surface area (Å²) in [5.41, 5.74) is 6.46. The van der Waals surface area contributed by atoms with Gasteiger partial charge in [-0.05, 0) is 13.8 Å². The van der Waals surface area contributed by atoms with E-state index in [4.69, 9.17) is 10.5 Å². The third-order valence-electron chi connectivity index (χ3n) is 3.67. The van der Waals surface area contributed by atoms with Crippen LogP contribution < -0.4 is 5.73 Å². The van der Waals surface area contributed by atoms with Crippen LogP contribution in [0.2, 0.25) is 0 Å². The highest BCUT2D eigenvalue weighted by molar-refractivity contribution is 5.03. The zero-order valence-electron chi connectivity index (χ0n) is 10.7. The zero-order chi connectivity index (χ0) is 12.6. The van der Waals surface area contributed by atoms with E-state index in [1.165, 1.54) is 0 Å². The van der Waals surface area contributed by atoms with Gasteiger partial charge < -0.3 is 20.5 Å². The number of hydrogen-bond acceptors (Lipinski definition) is 5. The highest BCUT2D eigenvalue weighted by Crippen LogP contribution is 2.34. The van der Waals surface area contributed by atoms with Gasteiger partial charge in [-0.2, -0.15) is 0 Å². The highest BCUT2D eigenvalue weighted by Gasteiger charge is 2.53. The number of aliphatic hydroxyl groups is 1. The Kier molecular flexibility index (Phi) is 3.45. The maximum atomic E-state index is 9.19. The molecule has 0 aromatic carbocycles. The number of hydrogen-bond donors (Lipinski definition) is 2. The van der Waals surface area contributed by atoms with Crippen LogP contribution in [0.4, 0.5) is 0 Å². The maximum Gasteiger partial charge on any atom is 0.139 e. The van der Waals surface area contributed by atoms with E-state index >= 15 is 0 Å². The number of rotatable bonds is 4. The summed E-state index contributed by atoms with van der Waals surface area (Å²) in [6.07, 6.45) is 0.0494.